The van der Waals surface area contributed by atoms with Crippen molar-refractivity contribution in [3.63, 3.8) is 0 Å². The van der Waals surface area contributed by atoms with Gasteiger partial charge in [0, 0.05) is 6.04 Å². The van der Waals surface area contributed by atoms with E-state index in [0.29, 0.717) is 6.04 Å². The van der Waals surface area contributed by atoms with Crippen molar-refractivity contribution < 1.29 is 24.5 Å². The average molecular weight is 309 g/mol. The molecule has 1 heterocycles. The van der Waals surface area contributed by atoms with Gasteiger partial charge in [-0.05, 0) is 44.0 Å². The molecule has 0 amide bonds. The molecule has 1 aromatic rings. The summed E-state index contributed by atoms with van der Waals surface area (Å²) < 4.78 is 5.45. The molecule has 122 valence electrons. The van der Waals surface area contributed by atoms with E-state index < -0.39 is 11.9 Å². The van der Waals surface area contributed by atoms with Gasteiger partial charge in [0.05, 0.1) is 6.61 Å². The van der Waals surface area contributed by atoms with Crippen LogP contribution in [-0.2, 0) is 9.59 Å². The highest BCUT2D eigenvalue weighted by atomic mass is 16.5. The Morgan fingerprint density at radius 3 is 2.32 bits per heavy atom. The number of rotatable bonds is 3. The molecule has 1 unspecified atom stereocenters. The van der Waals surface area contributed by atoms with Gasteiger partial charge in [-0.1, -0.05) is 25.0 Å². The Bertz CT molecular complexity index is 452. The molecule has 1 saturated heterocycles. The second kappa shape index (κ2) is 9.78. The Morgan fingerprint density at radius 1 is 1.14 bits per heavy atom. The third-order valence-corrected chi connectivity index (χ3v) is 3.34. The Morgan fingerprint density at radius 2 is 1.77 bits per heavy atom. The molecule has 1 aliphatic rings. The number of carboxylic acid groups (broad SMARTS) is 2. The maximum atomic E-state index is 9.10. The van der Waals surface area contributed by atoms with E-state index in [9.17, 15) is 0 Å². The fraction of sp³-hybridized carbons (Fsp3) is 0.500. The first-order chi connectivity index (χ1) is 10.5. The van der Waals surface area contributed by atoms with Gasteiger partial charge < -0.3 is 20.3 Å². The number of aliphatic carboxylic acids is 2. The number of benzene rings is 1. The van der Waals surface area contributed by atoms with Gasteiger partial charge in [-0.3, -0.25) is 0 Å². The average Bonchev–Trinajstić information content (AvgIpc) is 2.78. The van der Waals surface area contributed by atoms with Gasteiger partial charge in [-0.15, -0.1) is 0 Å². The van der Waals surface area contributed by atoms with E-state index in [-0.39, 0.29) is 0 Å². The molecule has 0 spiro atoms. The van der Waals surface area contributed by atoms with Crippen LogP contribution in [0.4, 0.5) is 0 Å². The van der Waals surface area contributed by atoms with Crippen LogP contribution in [0.15, 0.2) is 24.3 Å². The van der Waals surface area contributed by atoms with Crippen molar-refractivity contribution >= 4 is 11.9 Å². The highest BCUT2D eigenvalue weighted by molar-refractivity contribution is 6.27. The quantitative estimate of drug-likeness (QED) is 0.742. The Labute approximate surface area is 130 Å². The monoisotopic (exact) mass is 309 g/mol. The number of hydrogen-bond acceptors (Lipinski definition) is 4. The highest BCUT2D eigenvalue weighted by Gasteiger charge is 2.13. The standard InChI is InChI=1S/C14H21NO.C2H2O4/c1-2-16-13-9-7-12(8-10-13)14-6-4-3-5-11-15-14;3-1(4)2(5)6/h7-10,14-15H,2-6,11H2,1H3;(H,3,4)(H,5,6). The van der Waals surface area contributed by atoms with E-state index in [0.717, 1.165) is 18.9 Å². The third kappa shape index (κ3) is 6.58. The van der Waals surface area contributed by atoms with Gasteiger partial charge in [-0.2, -0.15) is 0 Å². The summed E-state index contributed by atoms with van der Waals surface area (Å²) in [5.41, 5.74) is 1.39. The van der Waals surface area contributed by atoms with E-state index in [1.165, 1.54) is 31.2 Å². The summed E-state index contributed by atoms with van der Waals surface area (Å²) in [4.78, 5) is 18.2. The van der Waals surface area contributed by atoms with Crippen LogP contribution in [0, 0.1) is 0 Å². The van der Waals surface area contributed by atoms with Gasteiger partial charge >= 0.3 is 11.9 Å². The van der Waals surface area contributed by atoms with E-state index in [4.69, 9.17) is 24.5 Å². The largest absolute Gasteiger partial charge is 0.494 e. The molecule has 6 nitrogen and oxygen atoms in total. The first-order valence-corrected chi connectivity index (χ1v) is 7.47. The lowest BCUT2D eigenvalue weighted by molar-refractivity contribution is -0.159. The van der Waals surface area contributed by atoms with Crippen molar-refractivity contribution in [3.8, 4) is 5.75 Å². The minimum atomic E-state index is -1.82. The van der Waals surface area contributed by atoms with Gasteiger partial charge in [-0.25, -0.2) is 9.59 Å². The van der Waals surface area contributed by atoms with E-state index in [1.807, 2.05) is 6.92 Å². The summed E-state index contributed by atoms with van der Waals surface area (Å²) in [6, 6.07) is 9.07. The molecular weight excluding hydrogens is 286 g/mol. The maximum Gasteiger partial charge on any atom is 0.414 e. The molecule has 6 heteroatoms. The fourth-order valence-electron chi connectivity index (χ4n) is 2.28. The third-order valence-electron chi connectivity index (χ3n) is 3.34. The zero-order chi connectivity index (χ0) is 16.4. The molecular formula is C16H23NO5. The summed E-state index contributed by atoms with van der Waals surface area (Å²) in [7, 11) is 0. The van der Waals surface area contributed by atoms with Gasteiger partial charge in [0.25, 0.3) is 0 Å². The van der Waals surface area contributed by atoms with Crippen LogP contribution in [0.25, 0.3) is 0 Å². The minimum absolute atomic E-state index is 0.540. The zero-order valence-corrected chi connectivity index (χ0v) is 12.7. The summed E-state index contributed by atoms with van der Waals surface area (Å²) in [6.07, 6.45) is 5.27. The number of hydrogen-bond donors (Lipinski definition) is 3. The molecule has 2 rings (SSSR count). The molecule has 0 bridgehead atoms. The number of nitrogens with one attached hydrogen (secondary N) is 1. The first kappa shape index (κ1) is 18.0. The lowest BCUT2D eigenvalue weighted by Crippen LogP contribution is -2.20. The van der Waals surface area contributed by atoms with Crippen molar-refractivity contribution in [2.45, 2.75) is 38.6 Å². The first-order valence-electron chi connectivity index (χ1n) is 7.47. The number of carboxylic acids is 2. The van der Waals surface area contributed by atoms with Crippen LogP contribution in [0.3, 0.4) is 0 Å². The lowest BCUT2D eigenvalue weighted by atomic mass is 10.0. The number of ether oxygens (including phenoxy) is 1. The van der Waals surface area contributed by atoms with Crippen LogP contribution in [0.5, 0.6) is 5.75 Å². The maximum absolute atomic E-state index is 9.10. The molecule has 1 atom stereocenters. The van der Waals surface area contributed by atoms with E-state index in [2.05, 4.69) is 29.6 Å². The predicted molar refractivity (Wildman–Crippen MR) is 82.1 cm³/mol. The number of carbonyl (C=O) groups is 2. The topological polar surface area (TPSA) is 95.9 Å². The normalized spacial score (nSPS) is 17.6. The fourth-order valence-corrected chi connectivity index (χ4v) is 2.28. The van der Waals surface area contributed by atoms with Crippen molar-refractivity contribution in [2.24, 2.45) is 0 Å². The van der Waals surface area contributed by atoms with Gasteiger partial charge in [0.15, 0.2) is 0 Å². The van der Waals surface area contributed by atoms with E-state index >= 15 is 0 Å². The van der Waals surface area contributed by atoms with Crippen LogP contribution in [0.1, 0.15) is 44.2 Å². The van der Waals surface area contributed by atoms with Crippen molar-refractivity contribution in [3.05, 3.63) is 29.8 Å². The van der Waals surface area contributed by atoms with Crippen molar-refractivity contribution in [2.75, 3.05) is 13.2 Å². The second-order valence-corrected chi connectivity index (χ2v) is 4.97. The summed E-state index contributed by atoms with van der Waals surface area (Å²) in [5.74, 6) is -2.68. The molecule has 22 heavy (non-hydrogen) atoms. The van der Waals surface area contributed by atoms with Crippen molar-refractivity contribution in [1.29, 1.82) is 0 Å². The highest BCUT2D eigenvalue weighted by Crippen LogP contribution is 2.24. The summed E-state index contributed by atoms with van der Waals surface area (Å²) in [6.45, 7) is 3.90. The predicted octanol–water partition coefficient (Wildman–Crippen LogP) is 2.45. The van der Waals surface area contributed by atoms with Crippen molar-refractivity contribution in [1.82, 2.24) is 5.32 Å². The molecule has 1 fully saturated rings. The zero-order valence-electron chi connectivity index (χ0n) is 12.7. The Balaban J connectivity index is 0.000000346. The Hall–Kier alpha value is -2.08. The molecule has 0 aliphatic carbocycles. The molecule has 1 aromatic carbocycles. The SMILES string of the molecule is CCOc1ccc(C2CCCCCN2)cc1.O=C(O)C(=O)O. The molecule has 3 N–H and O–H groups in total. The van der Waals surface area contributed by atoms with Gasteiger partial charge in [0.2, 0.25) is 0 Å². The molecule has 0 radical (unpaired) electrons. The second-order valence-electron chi connectivity index (χ2n) is 4.97. The summed E-state index contributed by atoms with van der Waals surface area (Å²) >= 11 is 0. The smallest absolute Gasteiger partial charge is 0.414 e. The van der Waals surface area contributed by atoms with Crippen LogP contribution < -0.4 is 10.1 Å². The Kier molecular flexibility index (Phi) is 7.99. The van der Waals surface area contributed by atoms with Crippen LogP contribution >= 0.6 is 0 Å². The summed E-state index contributed by atoms with van der Waals surface area (Å²) in [5, 5.41) is 18.4. The minimum Gasteiger partial charge on any atom is -0.494 e. The van der Waals surface area contributed by atoms with E-state index in [1.54, 1.807) is 0 Å². The molecule has 0 saturated carbocycles. The van der Waals surface area contributed by atoms with Crippen LogP contribution in [-0.4, -0.2) is 35.3 Å². The molecule has 1 aliphatic heterocycles. The lowest BCUT2D eigenvalue weighted by Gasteiger charge is -2.16. The van der Waals surface area contributed by atoms with Crippen LogP contribution in [0.2, 0.25) is 0 Å². The molecule has 0 aromatic heterocycles. The van der Waals surface area contributed by atoms with Gasteiger partial charge in [0.1, 0.15) is 5.75 Å².